The Kier molecular flexibility index (Phi) is 3.84. The summed E-state index contributed by atoms with van der Waals surface area (Å²) in [5, 5.41) is 0.359. The van der Waals surface area contributed by atoms with Gasteiger partial charge in [-0.2, -0.15) is 0 Å². The first-order chi connectivity index (χ1) is 8.61. The zero-order valence-electron chi connectivity index (χ0n) is 9.86. The lowest BCUT2D eigenvalue weighted by molar-refractivity contribution is 0.414. The molecule has 0 amide bonds. The second kappa shape index (κ2) is 5.38. The molecule has 4 heteroatoms. The van der Waals surface area contributed by atoms with Crippen molar-refractivity contribution in [3.05, 3.63) is 64.4 Å². The van der Waals surface area contributed by atoms with E-state index in [-0.39, 0.29) is 0 Å². The van der Waals surface area contributed by atoms with Gasteiger partial charge >= 0.3 is 0 Å². The van der Waals surface area contributed by atoms with Crippen molar-refractivity contribution in [2.75, 3.05) is 7.11 Å². The van der Waals surface area contributed by atoms with Crippen molar-refractivity contribution in [3.63, 3.8) is 0 Å². The second-order valence-electron chi connectivity index (χ2n) is 3.92. The average molecular weight is 266 g/mol. The van der Waals surface area contributed by atoms with Crippen LogP contribution in [0, 0.1) is 5.82 Å². The molecular weight excluding hydrogens is 253 g/mol. The third-order valence-corrected chi connectivity index (χ3v) is 3.01. The topological polar surface area (TPSA) is 35.2 Å². The van der Waals surface area contributed by atoms with E-state index in [2.05, 4.69) is 0 Å². The Balaban J connectivity index is 2.31. The molecule has 1 unspecified atom stereocenters. The van der Waals surface area contributed by atoms with Crippen LogP contribution in [0.15, 0.2) is 42.5 Å². The fourth-order valence-corrected chi connectivity index (χ4v) is 1.90. The van der Waals surface area contributed by atoms with E-state index in [1.165, 1.54) is 6.07 Å². The first kappa shape index (κ1) is 12.9. The highest BCUT2D eigenvalue weighted by Gasteiger charge is 2.13. The Bertz CT molecular complexity index is 542. The van der Waals surface area contributed by atoms with Gasteiger partial charge in [0.15, 0.2) is 0 Å². The molecule has 0 aliphatic heterocycles. The fraction of sp³-hybridized carbons (Fsp3) is 0.143. The lowest BCUT2D eigenvalue weighted by Crippen LogP contribution is -2.13. The predicted octanol–water partition coefficient (Wildman–Crippen LogP) is 3.54. The second-order valence-corrected chi connectivity index (χ2v) is 4.35. The highest BCUT2D eigenvalue weighted by atomic mass is 35.5. The maximum atomic E-state index is 13.7. The first-order valence-corrected chi connectivity index (χ1v) is 5.84. The monoisotopic (exact) mass is 265 g/mol. The van der Waals surface area contributed by atoms with Crippen LogP contribution in [-0.4, -0.2) is 7.11 Å². The summed E-state index contributed by atoms with van der Waals surface area (Å²) in [4.78, 5) is 0. The summed E-state index contributed by atoms with van der Waals surface area (Å²) in [6.07, 6.45) is 0. The van der Waals surface area contributed by atoms with E-state index in [0.29, 0.717) is 10.6 Å². The third kappa shape index (κ3) is 2.63. The van der Waals surface area contributed by atoms with E-state index in [0.717, 1.165) is 11.3 Å². The zero-order chi connectivity index (χ0) is 13.1. The summed E-state index contributed by atoms with van der Waals surface area (Å²) in [5.74, 6) is 0.341. The van der Waals surface area contributed by atoms with Crippen LogP contribution in [0.2, 0.25) is 5.02 Å². The molecule has 0 heterocycles. The normalized spacial score (nSPS) is 12.2. The summed E-state index contributed by atoms with van der Waals surface area (Å²) in [7, 11) is 1.59. The van der Waals surface area contributed by atoms with Crippen molar-refractivity contribution in [3.8, 4) is 5.75 Å². The Hall–Kier alpha value is -1.58. The van der Waals surface area contributed by atoms with Crippen molar-refractivity contribution in [1.29, 1.82) is 0 Å². The molecule has 0 aliphatic carbocycles. The predicted molar refractivity (Wildman–Crippen MR) is 70.4 cm³/mol. The molecule has 0 fully saturated rings. The number of nitrogens with two attached hydrogens (primary N) is 1. The molecule has 2 aromatic carbocycles. The van der Waals surface area contributed by atoms with Gasteiger partial charge in [-0.15, -0.1) is 0 Å². The molecule has 1 atom stereocenters. The standard InChI is InChI=1S/C14H13ClFNO/c1-18-11-5-2-9(3-6-11)14(17)12-7-4-10(15)8-13(12)16/h2-8,14H,17H2,1H3. The molecule has 0 bridgehead atoms. The Morgan fingerprint density at radius 1 is 1.17 bits per heavy atom. The number of ether oxygens (including phenoxy) is 1. The van der Waals surface area contributed by atoms with Gasteiger partial charge in [0.2, 0.25) is 0 Å². The van der Waals surface area contributed by atoms with E-state index in [1.807, 2.05) is 12.1 Å². The van der Waals surface area contributed by atoms with Gasteiger partial charge in [0.05, 0.1) is 13.2 Å². The molecular formula is C14H13ClFNO. The van der Waals surface area contributed by atoms with Gasteiger partial charge < -0.3 is 10.5 Å². The molecule has 0 saturated heterocycles. The number of hydrogen-bond donors (Lipinski definition) is 1. The molecule has 0 spiro atoms. The van der Waals surface area contributed by atoms with Crippen molar-refractivity contribution in [1.82, 2.24) is 0 Å². The molecule has 0 saturated carbocycles. The highest BCUT2D eigenvalue weighted by molar-refractivity contribution is 6.30. The van der Waals surface area contributed by atoms with Crippen molar-refractivity contribution < 1.29 is 9.13 Å². The molecule has 2 aromatic rings. The number of rotatable bonds is 3. The van der Waals surface area contributed by atoms with E-state index < -0.39 is 11.9 Å². The van der Waals surface area contributed by atoms with Crippen LogP contribution in [0.1, 0.15) is 17.2 Å². The van der Waals surface area contributed by atoms with Gasteiger partial charge in [0, 0.05) is 10.6 Å². The molecule has 0 aliphatic rings. The van der Waals surface area contributed by atoms with Crippen LogP contribution in [0.4, 0.5) is 4.39 Å². The fourth-order valence-electron chi connectivity index (χ4n) is 1.74. The maximum absolute atomic E-state index is 13.7. The summed E-state index contributed by atoms with van der Waals surface area (Å²) in [6.45, 7) is 0. The minimum Gasteiger partial charge on any atom is -0.497 e. The number of methoxy groups -OCH3 is 1. The largest absolute Gasteiger partial charge is 0.497 e. The number of hydrogen-bond acceptors (Lipinski definition) is 2. The molecule has 2 nitrogen and oxygen atoms in total. The van der Waals surface area contributed by atoms with Gasteiger partial charge in [-0.25, -0.2) is 4.39 Å². The van der Waals surface area contributed by atoms with Crippen LogP contribution in [0.5, 0.6) is 5.75 Å². The van der Waals surface area contributed by atoms with Gasteiger partial charge in [0.1, 0.15) is 11.6 Å². The molecule has 2 rings (SSSR count). The van der Waals surface area contributed by atoms with E-state index in [9.17, 15) is 4.39 Å². The molecule has 94 valence electrons. The SMILES string of the molecule is COc1ccc(C(N)c2ccc(Cl)cc2F)cc1. The minimum absolute atomic E-state index is 0.359. The Labute approximate surface area is 110 Å². The lowest BCUT2D eigenvalue weighted by Gasteiger charge is -2.14. The van der Waals surface area contributed by atoms with Crippen LogP contribution in [0.3, 0.4) is 0 Å². The van der Waals surface area contributed by atoms with Crippen molar-refractivity contribution >= 4 is 11.6 Å². The van der Waals surface area contributed by atoms with E-state index in [4.69, 9.17) is 22.1 Å². The number of benzene rings is 2. The van der Waals surface area contributed by atoms with E-state index in [1.54, 1.807) is 31.4 Å². The van der Waals surface area contributed by atoms with Gasteiger partial charge in [-0.3, -0.25) is 0 Å². The van der Waals surface area contributed by atoms with Crippen LogP contribution in [-0.2, 0) is 0 Å². The molecule has 0 radical (unpaired) electrons. The summed E-state index contributed by atoms with van der Waals surface area (Å²) >= 11 is 5.71. The summed E-state index contributed by atoms with van der Waals surface area (Å²) in [5.41, 5.74) is 7.27. The van der Waals surface area contributed by atoms with Crippen molar-refractivity contribution in [2.24, 2.45) is 5.73 Å². The quantitative estimate of drug-likeness (QED) is 0.921. The highest BCUT2D eigenvalue weighted by Crippen LogP contribution is 2.25. The third-order valence-electron chi connectivity index (χ3n) is 2.77. The van der Waals surface area contributed by atoms with Crippen LogP contribution >= 0.6 is 11.6 Å². The van der Waals surface area contributed by atoms with Crippen LogP contribution < -0.4 is 10.5 Å². The average Bonchev–Trinajstić information content (AvgIpc) is 2.38. The lowest BCUT2D eigenvalue weighted by atomic mass is 9.99. The van der Waals surface area contributed by atoms with E-state index >= 15 is 0 Å². The Morgan fingerprint density at radius 3 is 2.39 bits per heavy atom. The summed E-state index contributed by atoms with van der Waals surface area (Å²) < 4.78 is 18.8. The zero-order valence-corrected chi connectivity index (χ0v) is 10.6. The van der Waals surface area contributed by atoms with Gasteiger partial charge in [-0.05, 0) is 29.8 Å². The molecule has 18 heavy (non-hydrogen) atoms. The van der Waals surface area contributed by atoms with Crippen LogP contribution in [0.25, 0.3) is 0 Å². The smallest absolute Gasteiger partial charge is 0.129 e. The molecule has 0 aromatic heterocycles. The van der Waals surface area contributed by atoms with Crippen molar-refractivity contribution in [2.45, 2.75) is 6.04 Å². The maximum Gasteiger partial charge on any atom is 0.129 e. The molecule has 2 N–H and O–H groups in total. The number of halogens is 2. The minimum atomic E-state index is -0.520. The summed E-state index contributed by atoms with van der Waals surface area (Å²) in [6, 6.07) is 11.2. The Morgan fingerprint density at radius 2 is 1.83 bits per heavy atom. The first-order valence-electron chi connectivity index (χ1n) is 5.46. The van der Waals surface area contributed by atoms with Gasteiger partial charge in [0.25, 0.3) is 0 Å². The van der Waals surface area contributed by atoms with Gasteiger partial charge in [-0.1, -0.05) is 29.8 Å².